The van der Waals surface area contributed by atoms with Crippen molar-refractivity contribution in [3.8, 4) is 0 Å². The lowest BCUT2D eigenvalue weighted by molar-refractivity contribution is 0.719. The first kappa shape index (κ1) is 9.48. The Bertz CT molecular complexity index is 109. The summed E-state index contributed by atoms with van der Waals surface area (Å²) in [5, 5.41) is 0. The van der Waals surface area contributed by atoms with Gasteiger partial charge in [0, 0.05) is 0 Å². The van der Waals surface area contributed by atoms with Crippen molar-refractivity contribution >= 4 is 0 Å². The molecule has 0 unspecified atom stereocenters. The van der Waals surface area contributed by atoms with Gasteiger partial charge in [0.2, 0.25) is 0 Å². The molecule has 0 atom stereocenters. The van der Waals surface area contributed by atoms with Crippen LogP contribution in [0.15, 0.2) is 24.3 Å². The summed E-state index contributed by atoms with van der Waals surface area (Å²) in [6.45, 7) is 8.04. The van der Waals surface area contributed by atoms with Crippen LogP contribution in [0.4, 0.5) is 0 Å². The molecule has 0 heteroatoms. The normalized spacial score (nSPS) is 11.6. The number of allylic oxidation sites excluding steroid dienone is 3. The van der Waals surface area contributed by atoms with Crippen LogP contribution < -0.4 is 0 Å². The van der Waals surface area contributed by atoms with E-state index in [1.165, 1.54) is 31.3 Å². The van der Waals surface area contributed by atoms with Gasteiger partial charge in [-0.15, -0.1) is 0 Å². The van der Waals surface area contributed by atoms with Crippen molar-refractivity contribution in [2.45, 2.75) is 39.5 Å². The van der Waals surface area contributed by atoms with E-state index in [2.05, 4.69) is 26.5 Å². The highest BCUT2D eigenvalue weighted by Crippen LogP contribution is 2.08. The Morgan fingerprint density at radius 1 is 1.40 bits per heavy atom. The standard InChI is InChI=1S/C10H18/c1-4-7-8-9-10(5-2)6-3/h5-6H,2,4,7-9H2,1,3H3/b10-6+. The van der Waals surface area contributed by atoms with Gasteiger partial charge in [-0.25, -0.2) is 0 Å². The molecular formula is C10H18. The number of hydrogen-bond acceptors (Lipinski definition) is 0. The molecule has 0 rings (SSSR count). The fraction of sp³-hybridized carbons (Fsp3) is 0.600. The zero-order valence-electron chi connectivity index (χ0n) is 7.19. The Balaban J connectivity index is 3.36. The van der Waals surface area contributed by atoms with Crippen LogP contribution in [-0.4, -0.2) is 0 Å². The third-order valence-electron chi connectivity index (χ3n) is 1.70. The van der Waals surface area contributed by atoms with Crippen molar-refractivity contribution < 1.29 is 0 Å². The molecule has 0 saturated heterocycles. The minimum Gasteiger partial charge on any atom is -0.0988 e. The van der Waals surface area contributed by atoms with Crippen molar-refractivity contribution in [1.82, 2.24) is 0 Å². The van der Waals surface area contributed by atoms with Crippen molar-refractivity contribution in [2.24, 2.45) is 0 Å². The van der Waals surface area contributed by atoms with Crippen LogP contribution in [0.25, 0.3) is 0 Å². The summed E-state index contributed by atoms with van der Waals surface area (Å²) in [6, 6.07) is 0. The summed E-state index contributed by atoms with van der Waals surface area (Å²) in [5.74, 6) is 0. The van der Waals surface area contributed by atoms with Crippen LogP contribution >= 0.6 is 0 Å². The molecule has 0 aliphatic rings. The zero-order valence-corrected chi connectivity index (χ0v) is 7.19. The fourth-order valence-corrected chi connectivity index (χ4v) is 0.943. The van der Waals surface area contributed by atoms with Crippen LogP contribution in [0.1, 0.15) is 39.5 Å². The molecule has 0 heterocycles. The molecule has 0 saturated carbocycles. The predicted octanol–water partition coefficient (Wildman–Crippen LogP) is 3.70. The van der Waals surface area contributed by atoms with Crippen molar-refractivity contribution in [1.29, 1.82) is 0 Å². The Labute approximate surface area is 64.6 Å². The molecule has 0 aromatic rings. The number of rotatable bonds is 5. The van der Waals surface area contributed by atoms with Gasteiger partial charge in [0.1, 0.15) is 0 Å². The third-order valence-corrected chi connectivity index (χ3v) is 1.70. The second kappa shape index (κ2) is 6.60. The van der Waals surface area contributed by atoms with Gasteiger partial charge < -0.3 is 0 Å². The van der Waals surface area contributed by atoms with E-state index in [0.717, 1.165) is 0 Å². The van der Waals surface area contributed by atoms with E-state index in [9.17, 15) is 0 Å². The van der Waals surface area contributed by atoms with Crippen molar-refractivity contribution in [3.63, 3.8) is 0 Å². The summed E-state index contributed by atoms with van der Waals surface area (Å²) < 4.78 is 0. The monoisotopic (exact) mass is 138 g/mol. The van der Waals surface area contributed by atoms with Crippen LogP contribution in [0, 0.1) is 0 Å². The molecule has 0 aliphatic heterocycles. The SMILES string of the molecule is C=C/C(=C\C)CCCCC. The summed E-state index contributed by atoms with van der Waals surface area (Å²) in [4.78, 5) is 0. The fourth-order valence-electron chi connectivity index (χ4n) is 0.943. The smallest absolute Gasteiger partial charge is 0.0282 e. The van der Waals surface area contributed by atoms with E-state index in [1.807, 2.05) is 6.08 Å². The maximum absolute atomic E-state index is 3.74. The van der Waals surface area contributed by atoms with E-state index in [4.69, 9.17) is 0 Å². The number of hydrogen-bond donors (Lipinski definition) is 0. The highest BCUT2D eigenvalue weighted by atomic mass is 13.9. The molecule has 58 valence electrons. The first-order valence-electron chi connectivity index (χ1n) is 4.12. The average molecular weight is 138 g/mol. The van der Waals surface area contributed by atoms with E-state index < -0.39 is 0 Å². The molecule has 0 radical (unpaired) electrons. The molecule has 0 aromatic heterocycles. The van der Waals surface area contributed by atoms with Crippen LogP contribution in [0.5, 0.6) is 0 Å². The minimum absolute atomic E-state index is 1.20. The molecular weight excluding hydrogens is 120 g/mol. The first-order chi connectivity index (χ1) is 4.85. The Kier molecular flexibility index (Phi) is 6.25. The molecule has 0 N–H and O–H groups in total. The highest BCUT2D eigenvalue weighted by molar-refractivity contribution is 5.14. The second-order valence-electron chi connectivity index (χ2n) is 2.52. The second-order valence-corrected chi connectivity index (χ2v) is 2.52. The first-order valence-corrected chi connectivity index (χ1v) is 4.12. The van der Waals surface area contributed by atoms with Gasteiger partial charge in [0.15, 0.2) is 0 Å². The zero-order chi connectivity index (χ0) is 7.82. The Hall–Kier alpha value is -0.520. The van der Waals surface area contributed by atoms with Crippen LogP contribution in [0.3, 0.4) is 0 Å². The largest absolute Gasteiger partial charge is 0.0988 e. The van der Waals surface area contributed by atoms with Gasteiger partial charge in [-0.3, -0.25) is 0 Å². The minimum atomic E-state index is 1.20. The van der Waals surface area contributed by atoms with Gasteiger partial charge in [0.05, 0.1) is 0 Å². The van der Waals surface area contributed by atoms with Gasteiger partial charge in [0.25, 0.3) is 0 Å². The predicted molar refractivity (Wildman–Crippen MR) is 48.1 cm³/mol. The molecule has 0 amide bonds. The maximum atomic E-state index is 3.74. The molecule has 0 aliphatic carbocycles. The van der Waals surface area contributed by atoms with Crippen molar-refractivity contribution in [3.05, 3.63) is 24.3 Å². The molecule has 0 fully saturated rings. The van der Waals surface area contributed by atoms with Crippen LogP contribution in [-0.2, 0) is 0 Å². The summed E-state index contributed by atoms with van der Waals surface area (Å²) in [5.41, 5.74) is 1.38. The van der Waals surface area contributed by atoms with Gasteiger partial charge in [-0.05, 0) is 19.8 Å². The molecule has 0 spiro atoms. The van der Waals surface area contributed by atoms with E-state index >= 15 is 0 Å². The quantitative estimate of drug-likeness (QED) is 0.401. The van der Waals surface area contributed by atoms with E-state index in [0.29, 0.717) is 0 Å². The maximum Gasteiger partial charge on any atom is -0.0282 e. The molecule has 10 heavy (non-hydrogen) atoms. The van der Waals surface area contributed by atoms with E-state index in [1.54, 1.807) is 0 Å². The third kappa shape index (κ3) is 4.37. The molecule has 0 bridgehead atoms. The average Bonchev–Trinajstić information content (AvgIpc) is 1.99. The Morgan fingerprint density at radius 3 is 2.50 bits per heavy atom. The molecule has 0 nitrogen and oxygen atoms in total. The van der Waals surface area contributed by atoms with Gasteiger partial charge in [-0.1, -0.05) is 44.1 Å². The number of unbranched alkanes of at least 4 members (excludes halogenated alkanes) is 2. The van der Waals surface area contributed by atoms with Gasteiger partial charge >= 0.3 is 0 Å². The topological polar surface area (TPSA) is 0 Å². The highest BCUT2D eigenvalue weighted by Gasteiger charge is 1.88. The lowest BCUT2D eigenvalue weighted by Crippen LogP contribution is -1.78. The summed E-state index contributed by atoms with van der Waals surface area (Å²) in [7, 11) is 0. The summed E-state index contributed by atoms with van der Waals surface area (Å²) >= 11 is 0. The lowest BCUT2D eigenvalue weighted by atomic mass is 10.1. The molecule has 0 aromatic carbocycles. The van der Waals surface area contributed by atoms with E-state index in [-0.39, 0.29) is 0 Å². The lowest BCUT2D eigenvalue weighted by Gasteiger charge is -1.98. The van der Waals surface area contributed by atoms with Crippen molar-refractivity contribution in [2.75, 3.05) is 0 Å². The Morgan fingerprint density at radius 2 is 2.10 bits per heavy atom. The summed E-state index contributed by atoms with van der Waals surface area (Å²) in [6.07, 6.45) is 9.24. The van der Waals surface area contributed by atoms with Crippen LogP contribution in [0.2, 0.25) is 0 Å². The van der Waals surface area contributed by atoms with Gasteiger partial charge in [-0.2, -0.15) is 0 Å².